The molecule has 2 aromatic rings. The number of carbonyl (C=O) groups excluding carboxylic acids is 2. The fourth-order valence-electron chi connectivity index (χ4n) is 3.83. The number of fused-ring (bicyclic) bond motifs is 1. The Hall–Kier alpha value is -2.62. The van der Waals surface area contributed by atoms with Crippen LogP contribution in [0.3, 0.4) is 0 Å². The maximum Gasteiger partial charge on any atom is 0.230 e. The number of rotatable bonds is 3. The molecule has 3 rings (SSSR count). The van der Waals surface area contributed by atoms with Gasteiger partial charge in [-0.25, -0.2) is 0 Å². The molecular weight excluding hydrogens is 324 g/mol. The van der Waals surface area contributed by atoms with E-state index in [-0.39, 0.29) is 29.8 Å². The molecule has 0 aromatic heterocycles. The Kier molecular flexibility index (Phi) is 5.12. The van der Waals surface area contributed by atoms with Crippen LogP contribution in [0.15, 0.2) is 54.6 Å². The van der Waals surface area contributed by atoms with Crippen molar-refractivity contribution in [3.05, 3.63) is 60.2 Å². The van der Waals surface area contributed by atoms with E-state index in [9.17, 15) is 9.59 Å². The van der Waals surface area contributed by atoms with Crippen LogP contribution in [0.25, 0.3) is 0 Å². The highest BCUT2D eigenvalue weighted by Gasteiger charge is 2.37. The van der Waals surface area contributed by atoms with Crippen molar-refractivity contribution in [2.45, 2.75) is 46.2 Å². The number of anilines is 2. The van der Waals surface area contributed by atoms with E-state index >= 15 is 0 Å². The minimum atomic E-state index is -0.108. The zero-order valence-electron chi connectivity index (χ0n) is 15.8. The summed E-state index contributed by atoms with van der Waals surface area (Å²) in [4.78, 5) is 29.1. The van der Waals surface area contributed by atoms with Gasteiger partial charge in [-0.05, 0) is 37.1 Å². The Morgan fingerprint density at radius 1 is 1.04 bits per heavy atom. The zero-order chi connectivity index (χ0) is 18.8. The molecule has 1 heterocycles. The quantitative estimate of drug-likeness (QED) is 0.814. The van der Waals surface area contributed by atoms with Crippen LogP contribution >= 0.6 is 0 Å². The van der Waals surface area contributed by atoms with Gasteiger partial charge in [0.15, 0.2) is 0 Å². The van der Waals surface area contributed by atoms with Crippen LogP contribution < -0.4 is 9.80 Å². The topological polar surface area (TPSA) is 40.6 Å². The molecule has 2 unspecified atom stereocenters. The van der Waals surface area contributed by atoms with Gasteiger partial charge in [0.2, 0.25) is 11.8 Å². The maximum absolute atomic E-state index is 13.1. The Labute approximate surface area is 155 Å². The summed E-state index contributed by atoms with van der Waals surface area (Å²) >= 11 is 0. The van der Waals surface area contributed by atoms with Crippen LogP contribution in [0.5, 0.6) is 0 Å². The molecule has 0 fully saturated rings. The van der Waals surface area contributed by atoms with Crippen molar-refractivity contribution >= 4 is 23.2 Å². The van der Waals surface area contributed by atoms with Crippen molar-refractivity contribution in [3.8, 4) is 0 Å². The highest BCUT2D eigenvalue weighted by molar-refractivity contribution is 5.98. The van der Waals surface area contributed by atoms with E-state index in [1.165, 1.54) is 0 Å². The van der Waals surface area contributed by atoms with Crippen LogP contribution in [0.4, 0.5) is 11.4 Å². The predicted octanol–water partition coefficient (Wildman–Crippen LogP) is 4.56. The van der Waals surface area contributed by atoms with Crippen molar-refractivity contribution in [1.82, 2.24) is 0 Å². The second-order valence-corrected chi connectivity index (χ2v) is 7.25. The van der Waals surface area contributed by atoms with Crippen molar-refractivity contribution in [2.75, 3.05) is 9.80 Å². The Balaban J connectivity index is 2.14. The van der Waals surface area contributed by atoms with Gasteiger partial charge in [0.05, 0.1) is 6.04 Å². The third kappa shape index (κ3) is 3.24. The number of carbonyl (C=O) groups is 2. The van der Waals surface area contributed by atoms with Gasteiger partial charge in [-0.1, -0.05) is 50.2 Å². The van der Waals surface area contributed by atoms with Crippen LogP contribution in [0.1, 0.15) is 45.7 Å². The summed E-state index contributed by atoms with van der Waals surface area (Å²) in [5.41, 5.74) is 2.83. The molecule has 2 atom stereocenters. The highest BCUT2D eigenvalue weighted by Crippen LogP contribution is 2.42. The standard InChI is InChI=1S/C22H26N2O2/c1-15(2)22(26)24(18-10-6-5-7-11-18)21-14-16(3)23(17(4)25)20-13-9-8-12-19(20)21/h5-13,15-16,21H,14H2,1-4H3. The van der Waals surface area contributed by atoms with Crippen LogP contribution in [-0.2, 0) is 9.59 Å². The minimum absolute atomic E-state index is 0.0265. The molecule has 26 heavy (non-hydrogen) atoms. The molecule has 136 valence electrons. The van der Waals surface area contributed by atoms with Crippen molar-refractivity contribution < 1.29 is 9.59 Å². The lowest BCUT2D eigenvalue weighted by molar-refractivity contribution is -0.122. The van der Waals surface area contributed by atoms with Gasteiger partial charge >= 0.3 is 0 Å². The van der Waals surface area contributed by atoms with Gasteiger partial charge in [0.25, 0.3) is 0 Å². The fraction of sp³-hybridized carbons (Fsp3) is 0.364. The molecule has 0 radical (unpaired) electrons. The lowest BCUT2D eigenvalue weighted by Gasteiger charge is -2.43. The summed E-state index contributed by atoms with van der Waals surface area (Å²) in [6.07, 6.45) is 0.712. The van der Waals surface area contributed by atoms with Gasteiger partial charge in [0, 0.05) is 30.3 Å². The summed E-state index contributed by atoms with van der Waals surface area (Å²) < 4.78 is 0. The van der Waals surface area contributed by atoms with Crippen molar-refractivity contribution in [3.63, 3.8) is 0 Å². The van der Waals surface area contributed by atoms with E-state index in [0.717, 1.165) is 16.9 Å². The number of amides is 2. The molecule has 0 spiro atoms. The molecule has 1 aliphatic rings. The van der Waals surface area contributed by atoms with Gasteiger partial charge in [-0.15, -0.1) is 0 Å². The predicted molar refractivity (Wildman–Crippen MR) is 105 cm³/mol. The number of hydrogen-bond donors (Lipinski definition) is 0. The number of benzene rings is 2. The summed E-state index contributed by atoms with van der Waals surface area (Å²) in [6.45, 7) is 7.51. The molecule has 2 aromatic carbocycles. The van der Waals surface area contributed by atoms with E-state index < -0.39 is 0 Å². The van der Waals surface area contributed by atoms with E-state index in [4.69, 9.17) is 0 Å². The molecule has 2 amide bonds. The van der Waals surface area contributed by atoms with Crippen molar-refractivity contribution in [1.29, 1.82) is 0 Å². The Morgan fingerprint density at radius 3 is 2.27 bits per heavy atom. The van der Waals surface area contributed by atoms with E-state index in [1.807, 2.05) is 85.2 Å². The number of nitrogens with zero attached hydrogens (tertiary/aromatic N) is 2. The largest absolute Gasteiger partial charge is 0.309 e. The van der Waals surface area contributed by atoms with Crippen molar-refractivity contribution in [2.24, 2.45) is 5.92 Å². The molecule has 4 nitrogen and oxygen atoms in total. The second-order valence-electron chi connectivity index (χ2n) is 7.25. The number of hydrogen-bond acceptors (Lipinski definition) is 2. The smallest absolute Gasteiger partial charge is 0.230 e. The molecule has 4 heteroatoms. The Morgan fingerprint density at radius 2 is 1.65 bits per heavy atom. The van der Waals surface area contributed by atoms with E-state index in [0.29, 0.717) is 6.42 Å². The van der Waals surface area contributed by atoms with Gasteiger partial charge in [-0.2, -0.15) is 0 Å². The summed E-state index contributed by atoms with van der Waals surface area (Å²) in [5.74, 6) is 0.0211. The third-order valence-electron chi connectivity index (χ3n) is 4.98. The first-order valence-corrected chi connectivity index (χ1v) is 9.18. The maximum atomic E-state index is 13.1. The normalized spacial score (nSPS) is 19.2. The second kappa shape index (κ2) is 7.32. The van der Waals surface area contributed by atoms with Crippen LogP contribution in [-0.4, -0.2) is 17.9 Å². The van der Waals surface area contributed by atoms with E-state index in [1.54, 1.807) is 6.92 Å². The Bertz CT molecular complexity index is 801. The molecule has 0 saturated carbocycles. The average Bonchev–Trinajstić information content (AvgIpc) is 2.62. The molecular formula is C22H26N2O2. The SMILES string of the molecule is CC(=O)N1c2ccccc2C(N(C(=O)C(C)C)c2ccccc2)CC1C. The van der Waals surface area contributed by atoms with Crippen LogP contribution in [0, 0.1) is 5.92 Å². The first-order valence-electron chi connectivity index (χ1n) is 9.18. The lowest BCUT2D eigenvalue weighted by atomic mass is 9.89. The van der Waals surface area contributed by atoms with Gasteiger partial charge in [0.1, 0.15) is 0 Å². The first kappa shape index (κ1) is 18.2. The molecule has 1 aliphatic heterocycles. The van der Waals surface area contributed by atoms with Gasteiger partial charge in [-0.3, -0.25) is 9.59 Å². The molecule has 0 aliphatic carbocycles. The lowest BCUT2D eigenvalue weighted by Crippen LogP contribution is -2.47. The molecule has 0 bridgehead atoms. The highest BCUT2D eigenvalue weighted by atomic mass is 16.2. The molecule has 0 saturated heterocycles. The fourth-order valence-corrected chi connectivity index (χ4v) is 3.83. The molecule has 0 N–H and O–H groups in total. The first-order chi connectivity index (χ1) is 12.4. The summed E-state index contributed by atoms with van der Waals surface area (Å²) in [6, 6.07) is 17.7. The van der Waals surface area contributed by atoms with Crippen LogP contribution in [0.2, 0.25) is 0 Å². The average molecular weight is 350 g/mol. The third-order valence-corrected chi connectivity index (χ3v) is 4.98. The minimum Gasteiger partial charge on any atom is -0.309 e. The number of para-hydroxylation sites is 2. The van der Waals surface area contributed by atoms with E-state index in [2.05, 4.69) is 0 Å². The summed E-state index contributed by atoms with van der Waals surface area (Å²) in [5, 5.41) is 0. The van der Waals surface area contributed by atoms with Gasteiger partial charge < -0.3 is 9.80 Å². The zero-order valence-corrected chi connectivity index (χ0v) is 15.8. The monoisotopic (exact) mass is 350 g/mol. The summed E-state index contributed by atoms with van der Waals surface area (Å²) in [7, 11) is 0.